The monoisotopic (exact) mass is 334 g/mol. The highest BCUT2D eigenvalue weighted by Gasteiger charge is 2.70. The van der Waals surface area contributed by atoms with Crippen LogP contribution in [0.2, 0.25) is 0 Å². The highest BCUT2D eigenvalue weighted by molar-refractivity contribution is 5.39. The zero-order valence-corrected chi connectivity index (χ0v) is 14.0. The van der Waals surface area contributed by atoms with Crippen LogP contribution >= 0.6 is 0 Å². The molecule has 4 nitrogen and oxygen atoms in total. The molecule has 25 heavy (non-hydrogen) atoms. The lowest BCUT2D eigenvalue weighted by molar-refractivity contribution is 0.111. The quantitative estimate of drug-likeness (QED) is 0.899. The number of hydrogen-bond donors (Lipinski definition) is 2. The summed E-state index contributed by atoms with van der Waals surface area (Å²) >= 11 is 0. The molecule has 4 heteroatoms. The molecular formula is C21H22N2O2. The van der Waals surface area contributed by atoms with Crippen molar-refractivity contribution in [2.75, 3.05) is 19.7 Å². The van der Waals surface area contributed by atoms with E-state index in [9.17, 15) is 15.5 Å². The molecule has 1 saturated heterocycles. The fourth-order valence-electron chi connectivity index (χ4n) is 4.79. The van der Waals surface area contributed by atoms with Crippen LogP contribution in [0.25, 0.3) is 0 Å². The highest BCUT2D eigenvalue weighted by Crippen LogP contribution is 2.68. The largest absolute Gasteiger partial charge is 0.396 e. The lowest BCUT2D eigenvalue weighted by atomic mass is 9.95. The first kappa shape index (κ1) is 16.3. The molecule has 0 bridgehead atoms. The topological polar surface area (TPSA) is 67.5 Å². The number of likely N-dealkylation sites (tertiary alicyclic amines) is 1. The van der Waals surface area contributed by atoms with Crippen molar-refractivity contribution in [1.82, 2.24) is 4.90 Å². The predicted octanol–water partition coefficient (Wildman–Crippen LogP) is 2.13. The zero-order valence-electron chi connectivity index (χ0n) is 14.0. The van der Waals surface area contributed by atoms with Crippen LogP contribution in [-0.4, -0.2) is 40.9 Å². The van der Waals surface area contributed by atoms with E-state index in [1.54, 1.807) is 0 Å². The van der Waals surface area contributed by atoms with Gasteiger partial charge in [0.05, 0.1) is 17.7 Å². The summed E-state index contributed by atoms with van der Waals surface area (Å²) in [6.45, 7) is 2.08. The van der Waals surface area contributed by atoms with Gasteiger partial charge in [-0.15, -0.1) is 0 Å². The van der Waals surface area contributed by atoms with E-state index in [0.29, 0.717) is 18.7 Å². The molecule has 0 amide bonds. The molecule has 4 rings (SSSR count). The maximum absolute atomic E-state index is 10.8. The van der Waals surface area contributed by atoms with Crippen molar-refractivity contribution in [3.8, 4) is 6.07 Å². The molecule has 1 aliphatic heterocycles. The molecule has 2 aromatic rings. The summed E-state index contributed by atoms with van der Waals surface area (Å²) in [7, 11) is 0. The summed E-state index contributed by atoms with van der Waals surface area (Å²) in [5.74, 6) is 0.297. The molecule has 2 aliphatic rings. The summed E-state index contributed by atoms with van der Waals surface area (Å²) in [5, 5.41) is 30.0. The van der Waals surface area contributed by atoms with E-state index in [0.717, 1.165) is 12.1 Å². The lowest BCUT2D eigenvalue weighted by Crippen LogP contribution is -2.23. The SMILES string of the molecule is N#Cc1ccccc1CN1C[C@H](O)[C@@]2(C1)[C@H](CO)[C@H]2c1ccccc1. The van der Waals surface area contributed by atoms with E-state index in [2.05, 4.69) is 23.1 Å². The minimum absolute atomic E-state index is 0.0965. The first-order valence-electron chi connectivity index (χ1n) is 8.75. The van der Waals surface area contributed by atoms with Crippen LogP contribution in [0.1, 0.15) is 22.6 Å². The fourth-order valence-corrected chi connectivity index (χ4v) is 4.79. The Kier molecular flexibility index (Phi) is 4.09. The van der Waals surface area contributed by atoms with Crippen molar-refractivity contribution in [3.63, 3.8) is 0 Å². The van der Waals surface area contributed by atoms with Crippen LogP contribution in [-0.2, 0) is 6.54 Å². The number of aliphatic hydroxyl groups excluding tert-OH is 2. The van der Waals surface area contributed by atoms with Gasteiger partial charge in [0.2, 0.25) is 0 Å². The van der Waals surface area contributed by atoms with Gasteiger partial charge in [-0.2, -0.15) is 5.26 Å². The Morgan fingerprint density at radius 1 is 1.12 bits per heavy atom. The van der Waals surface area contributed by atoms with Gasteiger partial charge in [-0.05, 0) is 29.0 Å². The molecule has 128 valence electrons. The average molecular weight is 334 g/mol. The van der Waals surface area contributed by atoms with Crippen LogP contribution in [0.3, 0.4) is 0 Å². The first-order valence-corrected chi connectivity index (χ1v) is 8.75. The highest BCUT2D eigenvalue weighted by atomic mass is 16.3. The zero-order chi connectivity index (χ0) is 17.4. The molecular weight excluding hydrogens is 312 g/mol. The third-order valence-corrected chi connectivity index (χ3v) is 6.00. The van der Waals surface area contributed by atoms with Crippen molar-refractivity contribution in [3.05, 3.63) is 71.3 Å². The number of β-amino-alcohol motifs (C(OH)–C–C–N with tert-alkyl or cyclic N) is 1. The smallest absolute Gasteiger partial charge is 0.0995 e. The van der Waals surface area contributed by atoms with Crippen molar-refractivity contribution in [2.24, 2.45) is 11.3 Å². The first-order chi connectivity index (χ1) is 12.2. The standard InChI is InChI=1S/C21H22N2O2/c22-10-16-8-4-5-9-17(16)11-23-12-19(25)21(14-23)18(13-24)20(21)15-6-2-1-3-7-15/h1-9,18-20,24-25H,11-14H2/t18-,19+,20-,21-/m1/s1. The molecule has 1 heterocycles. The number of hydrogen-bond acceptors (Lipinski definition) is 4. The van der Waals surface area contributed by atoms with Gasteiger partial charge >= 0.3 is 0 Å². The van der Waals surface area contributed by atoms with Gasteiger partial charge < -0.3 is 10.2 Å². The van der Waals surface area contributed by atoms with E-state index in [1.165, 1.54) is 5.56 Å². The van der Waals surface area contributed by atoms with E-state index in [4.69, 9.17) is 0 Å². The number of benzene rings is 2. The van der Waals surface area contributed by atoms with Gasteiger partial charge in [0.15, 0.2) is 0 Å². The Morgan fingerprint density at radius 3 is 2.56 bits per heavy atom. The molecule has 0 unspecified atom stereocenters. The summed E-state index contributed by atoms with van der Waals surface area (Å²) in [6.07, 6.45) is -0.455. The van der Waals surface area contributed by atoms with Crippen LogP contribution < -0.4 is 0 Å². The van der Waals surface area contributed by atoms with Gasteiger partial charge in [-0.25, -0.2) is 0 Å². The summed E-state index contributed by atoms with van der Waals surface area (Å²) in [6, 6.07) is 20.0. The minimum Gasteiger partial charge on any atom is -0.396 e. The molecule has 1 spiro atoms. The summed E-state index contributed by atoms with van der Waals surface area (Å²) in [4.78, 5) is 2.21. The van der Waals surface area contributed by atoms with Crippen LogP contribution in [0, 0.1) is 22.7 Å². The molecule has 4 atom stereocenters. The van der Waals surface area contributed by atoms with Gasteiger partial charge in [0.25, 0.3) is 0 Å². The molecule has 2 aromatic carbocycles. The van der Waals surface area contributed by atoms with E-state index >= 15 is 0 Å². The van der Waals surface area contributed by atoms with Crippen LogP contribution in [0.15, 0.2) is 54.6 Å². The molecule has 2 fully saturated rings. The van der Waals surface area contributed by atoms with Crippen LogP contribution in [0.5, 0.6) is 0 Å². The normalized spacial score (nSPS) is 31.2. The van der Waals surface area contributed by atoms with Gasteiger partial charge in [-0.1, -0.05) is 48.5 Å². The van der Waals surface area contributed by atoms with Gasteiger partial charge in [0.1, 0.15) is 0 Å². The summed E-state index contributed by atoms with van der Waals surface area (Å²) < 4.78 is 0. The molecule has 1 aliphatic carbocycles. The second-order valence-corrected chi connectivity index (χ2v) is 7.24. The number of rotatable bonds is 4. The molecule has 0 radical (unpaired) electrons. The van der Waals surface area contributed by atoms with Crippen molar-refractivity contribution < 1.29 is 10.2 Å². The molecule has 0 aromatic heterocycles. The average Bonchev–Trinajstić information content (AvgIpc) is 3.19. The lowest BCUT2D eigenvalue weighted by Gasteiger charge is -2.17. The Hall–Kier alpha value is -2.19. The Balaban J connectivity index is 1.56. The predicted molar refractivity (Wildman–Crippen MR) is 94.6 cm³/mol. The summed E-state index contributed by atoms with van der Waals surface area (Å²) in [5.41, 5.74) is 2.61. The third-order valence-electron chi connectivity index (χ3n) is 6.00. The molecule has 1 saturated carbocycles. The Morgan fingerprint density at radius 2 is 1.84 bits per heavy atom. The maximum atomic E-state index is 10.8. The Labute approximate surface area is 148 Å². The van der Waals surface area contributed by atoms with Crippen molar-refractivity contribution >= 4 is 0 Å². The van der Waals surface area contributed by atoms with Crippen LogP contribution in [0.4, 0.5) is 0 Å². The fraction of sp³-hybridized carbons (Fsp3) is 0.381. The van der Waals surface area contributed by atoms with Crippen molar-refractivity contribution in [1.29, 1.82) is 5.26 Å². The van der Waals surface area contributed by atoms with Gasteiger partial charge in [0, 0.05) is 31.7 Å². The van der Waals surface area contributed by atoms with Crippen molar-refractivity contribution in [2.45, 2.75) is 18.6 Å². The second kappa shape index (κ2) is 6.27. The van der Waals surface area contributed by atoms with E-state index < -0.39 is 6.10 Å². The number of nitriles is 1. The minimum atomic E-state index is -0.455. The maximum Gasteiger partial charge on any atom is 0.0995 e. The van der Waals surface area contributed by atoms with Gasteiger partial charge in [-0.3, -0.25) is 4.90 Å². The Bertz CT molecular complexity index is 801. The third kappa shape index (κ3) is 2.56. The van der Waals surface area contributed by atoms with E-state index in [-0.39, 0.29) is 23.9 Å². The molecule has 2 N–H and O–H groups in total. The number of nitrogens with zero attached hydrogens (tertiary/aromatic N) is 2. The second-order valence-electron chi connectivity index (χ2n) is 7.24. The van der Waals surface area contributed by atoms with E-state index in [1.807, 2.05) is 42.5 Å². The number of aliphatic hydroxyl groups is 2.